The molecule has 2 aromatic rings. The van der Waals surface area contributed by atoms with Crippen LogP contribution in [0.25, 0.3) is 0 Å². The van der Waals surface area contributed by atoms with Gasteiger partial charge in [0.1, 0.15) is 0 Å². The van der Waals surface area contributed by atoms with Gasteiger partial charge in [-0.3, -0.25) is 14.5 Å². The lowest BCUT2D eigenvalue weighted by Crippen LogP contribution is -2.38. The molecule has 4 nitrogen and oxygen atoms in total. The van der Waals surface area contributed by atoms with Crippen molar-refractivity contribution in [3.05, 3.63) is 69.8 Å². The lowest BCUT2D eigenvalue weighted by atomic mass is 9.85. The van der Waals surface area contributed by atoms with Crippen molar-refractivity contribution in [3.8, 4) is 0 Å². The molecule has 1 aliphatic heterocycles. The van der Waals surface area contributed by atoms with Gasteiger partial charge in [0.25, 0.3) is 0 Å². The number of halogens is 1. The molecule has 0 saturated carbocycles. The van der Waals surface area contributed by atoms with Gasteiger partial charge in [-0.2, -0.15) is 0 Å². The lowest BCUT2D eigenvalue weighted by Gasteiger charge is -2.34. The van der Waals surface area contributed by atoms with Gasteiger partial charge in [-0.15, -0.1) is 0 Å². The third-order valence-electron chi connectivity index (χ3n) is 5.61. The number of hydrogen-bond donors (Lipinski definition) is 1. The second kappa shape index (κ2) is 8.54. The molecule has 0 radical (unpaired) electrons. The van der Waals surface area contributed by atoms with E-state index in [9.17, 15) is 9.59 Å². The van der Waals surface area contributed by atoms with Crippen molar-refractivity contribution in [1.82, 2.24) is 0 Å². The minimum Gasteiger partial charge on any atom is -0.357 e. The molecule has 4 rings (SSSR count). The Balaban J connectivity index is 1.95. The number of nitrogens with one attached hydrogen (secondary N) is 1. The first-order valence-electron chi connectivity index (χ1n) is 10.3. The molecule has 0 saturated heterocycles. The van der Waals surface area contributed by atoms with Crippen LogP contribution in [0.5, 0.6) is 0 Å². The van der Waals surface area contributed by atoms with Crippen molar-refractivity contribution < 1.29 is 9.59 Å². The van der Waals surface area contributed by atoms with E-state index in [-0.39, 0.29) is 11.7 Å². The average Bonchev–Trinajstić information content (AvgIpc) is 2.87. The molecule has 5 heteroatoms. The van der Waals surface area contributed by atoms with Crippen LogP contribution in [0.3, 0.4) is 0 Å². The number of Topliss-reactive ketones (excluding diaryl/α,β-unsaturated/α-hetero) is 1. The Kier molecular flexibility index (Phi) is 5.86. The molecule has 150 valence electrons. The summed E-state index contributed by atoms with van der Waals surface area (Å²) in [5.74, 6) is 0.183. The quantitative estimate of drug-likeness (QED) is 0.605. The smallest absolute Gasteiger partial charge is 0.227 e. The SMILES string of the molecule is CCCCC(=O)N1c2ccccc2NC2=C(C(=O)CCC2)[C@@H]1c1cccc(Br)c1. The number of anilines is 2. The van der Waals surface area contributed by atoms with Gasteiger partial charge in [-0.25, -0.2) is 0 Å². The van der Waals surface area contributed by atoms with E-state index in [4.69, 9.17) is 0 Å². The summed E-state index contributed by atoms with van der Waals surface area (Å²) >= 11 is 3.56. The number of carbonyl (C=O) groups is 2. The van der Waals surface area contributed by atoms with Gasteiger partial charge in [-0.05, 0) is 49.1 Å². The first kappa shape index (κ1) is 19.9. The molecule has 0 aromatic heterocycles. The predicted molar refractivity (Wildman–Crippen MR) is 120 cm³/mol. The number of hydrogen-bond acceptors (Lipinski definition) is 3. The van der Waals surface area contributed by atoms with Gasteiger partial charge in [0.05, 0.1) is 17.4 Å². The zero-order chi connectivity index (χ0) is 20.4. The van der Waals surface area contributed by atoms with Gasteiger partial charge in [0, 0.05) is 28.6 Å². The van der Waals surface area contributed by atoms with Gasteiger partial charge in [-0.1, -0.05) is 53.5 Å². The highest BCUT2D eigenvalue weighted by molar-refractivity contribution is 9.10. The Hall–Kier alpha value is -2.40. The maximum Gasteiger partial charge on any atom is 0.227 e. The normalized spacial score (nSPS) is 18.6. The zero-order valence-electron chi connectivity index (χ0n) is 16.6. The highest BCUT2D eigenvalue weighted by atomic mass is 79.9. The summed E-state index contributed by atoms with van der Waals surface area (Å²) < 4.78 is 0.937. The highest BCUT2D eigenvalue weighted by Gasteiger charge is 2.39. The molecule has 1 amide bonds. The van der Waals surface area contributed by atoms with Crippen molar-refractivity contribution in [1.29, 1.82) is 0 Å². The molecular weight excluding hydrogens is 428 g/mol. The molecule has 1 N–H and O–H groups in total. The number of allylic oxidation sites excluding steroid dienone is 1. The van der Waals surface area contributed by atoms with Gasteiger partial charge < -0.3 is 5.32 Å². The maximum atomic E-state index is 13.5. The van der Waals surface area contributed by atoms with Crippen LogP contribution in [0.4, 0.5) is 11.4 Å². The zero-order valence-corrected chi connectivity index (χ0v) is 18.2. The lowest BCUT2D eigenvalue weighted by molar-refractivity contribution is -0.119. The Morgan fingerprint density at radius 2 is 2.00 bits per heavy atom. The molecule has 0 spiro atoms. The minimum absolute atomic E-state index is 0.0539. The molecular formula is C24H25BrN2O2. The largest absolute Gasteiger partial charge is 0.357 e. The number of para-hydroxylation sites is 2. The highest BCUT2D eigenvalue weighted by Crippen LogP contribution is 2.45. The van der Waals surface area contributed by atoms with Crippen LogP contribution in [0, 0.1) is 0 Å². The Morgan fingerprint density at radius 3 is 2.79 bits per heavy atom. The van der Waals surface area contributed by atoms with E-state index in [1.165, 1.54) is 0 Å². The van der Waals surface area contributed by atoms with E-state index in [2.05, 4.69) is 28.2 Å². The van der Waals surface area contributed by atoms with Gasteiger partial charge in [0.2, 0.25) is 5.91 Å². The maximum absolute atomic E-state index is 13.5. The summed E-state index contributed by atoms with van der Waals surface area (Å²) in [7, 11) is 0. The molecule has 1 aliphatic carbocycles. The molecule has 0 unspecified atom stereocenters. The van der Waals surface area contributed by atoms with Crippen molar-refractivity contribution in [2.45, 2.75) is 51.5 Å². The van der Waals surface area contributed by atoms with Crippen LogP contribution in [0.2, 0.25) is 0 Å². The number of ketones is 1. The van der Waals surface area contributed by atoms with Crippen LogP contribution in [0.15, 0.2) is 64.3 Å². The first-order valence-corrected chi connectivity index (χ1v) is 11.1. The number of benzene rings is 2. The van der Waals surface area contributed by atoms with Crippen molar-refractivity contribution in [3.63, 3.8) is 0 Å². The summed E-state index contributed by atoms with van der Waals surface area (Å²) in [6.45, 7) is 2.09. The van der Waals surface area contributed by atoms with Crippen molar-refractivity contribution >= 4 is 39.0 Å². The predicted octanol–water partition coefficient (Wildman–Crippen LogP) is 6.15. The van der Waals surface area contributed by atoms with Crippen LogP contribution in [-0.4, -0.2) is 11.7 Å². The molecule has 29 heavy (non-hydrogen) atoms. The Morgan fingerprint density at radius 1 is 1.17 bits per heavy atom. The van der Waals surface area contributed by atoms with Crippen LogP contribution in [-0.2, 0) is 9.59 Å². The minimum atomic E-state index is -0.421. The van der Waals surface area contributed by atoms with E-state index < -0.39 is 6.04 Å². The molecule has 1 atom stereocenters. The van der Waals surface area contributed by atoms with Crippen molar-refractivity contribution in [2.75, 3.05) is 10.2 Å². The number of amides is 1. The van der Waals surface area contributed by atoms with E-state index in [0.29, 0.717) is 12.8 Å². The Bertz CT molecular complexity index is 982. The number of fused-ring (bicyclic) bond motifs is 1. The molecule has 1 heterocycles. The standard InChI is InChI=1S/C24H25BrN2O2/c1-2-3-14-22(29)27-20-12-5-4-10-18(20)26-19-11-7-13-21(28)23(19)24(27)16-8-6-9-17(25)15-16/h4-6,8-10,12,15,24,26H,2-3,7,11,13-14H2,1H3/t24-/m0/s1. The van der Waals surface area contributed by atoms with E-state index in [1.807, 2.05) is 53.4 Å². The number of nitrogens with zero attached hydrogens (tertiary/aromatic N) is 1. The monoisotopic (exact) mass is 452 g/mol. The third-order valence-corrected chi connectivity index (χ3v) is 6.11. The first-order chi connectivity index (χ1) is 14.1. The summed E-state index contributed by atoms with van der Waals surface area (Å²) in [6.07, 6.45) is 4.42. The summed E-state index contributed by atoms with van der Waals surface area (Å²) in [4.78, 5) is 28.5. The van der Waals surface area contributed by atoms with Gasteiger partial charge in [0.15, 0.2) is 5.78 Å². The van der Waals surface area contributed by atoms with Crippen molar-refractivity contribution in [2.24, 2.45) is 0 Å². The van der Waals surface area contributed by atoms with E-state index >= 15 is 0 Å². The second-order valence-electron chi connectivity index (χ2n) is 7.64. The number of rotatable bonds is 4. The van der Waals surface area contributed by atoms with E-state index in [1.54, 1.807) is 0 Å². The fraction of sp³-hybridized carbons (Fsp3) is 0.333. The number of carbonyl (C=O) groups excluding carboxylic acids is 2. The number of unbranched alkanes of at least 4 members (excludes halogenated alkanes) is 1. The summed E-state index contributed by atoms with van der Waals surface area (Å²) in [5, 5.41) is 3.50. The topological polar surface area (TPSA) is 49.4 Å². The Labute approximate surface area is 180 Å². The van der Waals surface area contributed by atoms with Crippen LogP contribution >= 0.6 is 15.9 Å². The fourth-order valence-electron chi connectivity index (χ4n) is 4.25. The molecule has 0 fully saturated rings. The third kappa shape index (κ3) is 3.88. The van der Waals surface area contributed by atoms with Crippen LogP contribution < -0.4 is 10.2 Å². The fourth-order valence-corrected chi connectivity index (χ4v) is 4.67. The average molecular weight is 453 g/mol. The molecule has 2 aliphatic rings. The summed E-state index contributed by atoms with van der Waals surface area (Å²) in [6, 6.07) is 15.4. The second-order valence-corrected chi connectivity index (χ2v) is 8.55. The summed E-state index contributed by atoms with van der Waals surface area (Å²) in [5.41, 5.74) is 4.35. The van der Waals surface area contributed by atoms with Crippen LogP contribution in [0.1, 0.15) is 57.1 Å². The molecule has 2 aromatic carbocycles. The van der Waals surface area contributed by atoms with Gasteiger partial charge >= 0.3 is 0 Å². The molecule has 0 bridgehead atoms. The van der Waals surface area contributed by atoms with E-state index in [0.717, 1.165) is 58.4 Å².